The van der Waals surface area contributed by atoms with Crippen molar-refractivity contribution in [3.8, 4) is 0 Å². The summed E-state index contributed by atoms with van der Waals surface area (Å²) in [5, 5.41) is 0.790. The number of nitrogens with zero attached hydrogens (tertiary/aromatic N) is 3. The quantitative estimate of drug-likeness (QED) is 0.678. The molecule has 2 aromatic rings. The van der Waals surface area contributed by atoms with E-state index in [0.29, 0.717) is 6.42 Å². The Morgan fingerprint density at radius 2 is 1.47 bits per heavy atom. The van der Waals surface area contributed by atoms with Crippen LogP contribution in [0.1, 0.15) is 11.1 Å². The minimum Gasteiger partial charge on any atom is -0.369 e. The number of carbonyl (C=O) groups excluding carboxylic acids is 1. The summed E-state index contributed by atoms with van der Waals surface area (Å²) in [6, 6.07) is 16.8. The van der Waals surface area contributed by atoms with E-state index in [4.69, 9.17) is 11.6 Å². The number of piperazine rings is 1. The van der Waals surface area contributed by atoms with Crippen LogP contribution in [0, 0.1) is 0 Å². The smallest absolute Gasteiger partial charge is 0.227 e. The monoisotopic (exact) mass is 443 g/mol. The molecule has 0 aromatic heterocycles. The zero-order chi connectivity index (χ0) is 20.8. The summed E-state index contributed by atoms with van der Waals surface area (Å²) in [4.78, 5) is 19.4. The highest BCUT2D eigenvalue weighted by Gasteiger charge is 2.18. The van der Waals surface area contributed by atoms with Crippen LogP contribution in [0.25, 0.3) is 0 Å². The molecule has 0 spiro atoms. The molecule has 0 unspecified atom stereocenters. The Bertz CT molecular complexity index is 813. The molecule has 2 fully saturated rings. The average Bonchev–Trinajstić information content (AvgIpc) is 2.80. The van der Waals surface area contributed by atoms with Crippen LogP contribution in [-0.4, -0.2) is 73.0 Å². The van der Waals surface area contributed by atoms with Crippen molar-refractivity contribution in [1.29, 1.82) is 0 Å². The first kappa shape index (κ1) is 21.5. The molecule has 2 saturated heterocycles. The molecule has 0 atom stereocenters. The van der Waals surface area contributed by atoms with Crippen molar-refractivity contribution in [2.75, 3.05) is 62.2 Å². The Morgan fingerprint density at radius 1 is 0.833 bits per heavy atom. The first-order valence-electron chi connectivity index (χ1n) is 10.8. The molecule has 2 aliphatic heterocycles. The minimum absolute atomic E-state index is 0.265. The Hall–Kier alpha value is -1.69. The number of halogens is 1. The molecule has 1 amide bonds. The van der Waals surface area contributed by atoms with Gasteiger partial charge in [-0.2, -0.15) is 11.8 Å². The molecular weight excluding hydrogens is 414 g/mol. The number of hydrogen-bond donors (Lipinski definition) is 0. The Kier molecular flexibility index (Phi) is 7.58. The molecule has 2 aliphatic rings. The van der Waals surface area contributed by atoms with Crippen molar-refractivity contribution in [2.24, 2.45) is 0 Å². The van der Waals surface area contributed by atoms with Gasteiger partial charge in [-0.05, 0) is 41.8 Å². The standard InChI is InChI=1S/C24H30ClN3OS/c25-22-5-7-23(8-6-22)27-13-11-26(12-14-27)10-9-20-1-3-21(4-2-20)19-24(29)28-15-17-30-18-16-28/h1-8H,9-19H2. The number of benzene rings is 2. The van der Waals surface area contributed by atoms with Gasteiger partial charge in [-0.3, -0.25) is 9.69 Å². The van der Waals surface area contributed by atoms with Crippen LogP contribution in [0.15, 0.2) is 48.5 Å². The van der Waals surface area contributed by atoms with Gasteiger partial charge in [-0.15, -0.1) is 0 Å². The Balaban J connectivity index is 1.20. The van der Waals surface area contributed by atoms with Crippen LogP contribution in [0.2, 0.25) is 5.02 Å². The molecule has 0 bridgehead atoms. The average molecular weight is 444 g/mol. The van der Waals surface area contributed by atoms with Crippen molar-refractivity contribution >= 4 is 35.0 Å². The number of hydrogen-bond acceptors (Lipinski definition) is 4. The van der Waals surface area contributed by atoms with Gasteiger partial charge in [-0.1, -0.05) is 35.9 Å². The van der Waals surface area contributed by atoms with Crippen molar-refractivity contribution in [1.82, 2.24) is 9.80 Å². The zero-order valence-electron chi connectivity index (χ0n) is 17.4. The van der Waals surface area contributed by atoms with Gasteiger partial charge in [0.25, 0.3) is 0 Å². The third-order valence-corrected chi connectivity index (χ3v) is 7.22. The van der Waals surface area contributed by atoms with Crippen LogP contribution < -0.4 is 4.90 Å². The lowest BCUT2D eigenvalue weighted by molar-refractivity contribution is -0.130. The van der Waals surface area contributed by atoms with Gasteiger partial charge in [0.05, 0.1) is 6.42 Å². The first-order valence-corrected chi connectivity index (χ1v) is 12.4. The van der Waals surface area contributed by atoms with Gasteiger partial charge in [-0.25, -0.2) is 0 Å². The lowest BCUT2D eigenvalue weighted by Gasteiger charge is -2.36. The fraction of sp³-hybridized carbons (Fsp3) is 0.458. The maximum atomic E-state index is 12.4. The predicted molar refractivity (Wildman–Crippen MR) is 128 cm³/mol. The third-order valence-electron chi connectivity index (χ3n) is 6.02. The van der Waals surface area contributed by atoms with E-state index in [1.807, 2.05) is 28.8 Å². The van der Waals surface area contributed by atoms with E-state index in [1.54, 1.807) is 0 Å². The van der Waals surface area contributed by atoms with Crippen LogP contribution in [0.3, 0.4) is 0 Å². The Labute approximate surface area is 189 Å². The second kappa shape index (κ2) is 10.6. The molecule has 0 radical (unpaired) electrons. The Morgan fingerprint density at radius 3 is 2.13 bits per heavy atom. The summed E-state index contributed by atoms with van der Waals surface area (Å²) in [5.41, 5.74) is 3.73. The van der Waals surface area contributed by atoms with Crippen molar-refractivity contribution < 1.29 is 4.79 Å². The van der Waals surface area contributed by atoms with Gasteiger partial charge in [0, 0.05) is 68.0 Å². The summed E-state index contributed by atoms with van der Waals surface area (Å²) < 4.78 is 0. The largest absolute Gasteiger partial charge is 0.369 e. The van der Waals surface area contributed by atoms with E-state index in [2.05, 4.69) is 46.2 Å². The molecule has 2 heterocycles. The highest BCUT2D eigenvalue weighted by atomic mass is 35.5. The van der Waals surface area contributed by atoms with Crippen molar-refractivity contribution in [3.05, 3.63) is 64.7 Å². The lowest BCUT2D eigenvalue weighted by atomic mass is 10.1. The van der Waals surface area contributed by atoms with E-state index < -0.39 is 0 Å². The number of anilines is 1. The van der Waals surface area contributed by atoms with Crippen LogP contribution in [0.4, 0.5) is 5.69 Å². The van der Waals surface area contributed by atoms with Gasteiger partial charge < -0.3 is 9.80 Å². The fourth-order valence-electron chi connectivity index (χ4n) is 4.09. The van der Waals surface area contributed by atoms with E-state index in [1.165, 1.54) is 11.3 Å². The van der Waals surface area contributed by atoms with E-state index in [-0.39, 0.29) is 5.91 Å². The normalized spacial score (nSPS) is 17.9. The summed E-state index contributed by atoms with van der Waals surface area (Å²) in [6.45, 7) is 7.15. The second-order valence-electron chi connectivity index (χ2n) is 8.04. The molecule has 0 saturated carbocycles. The molecule has 30 heavy (non-hydrogen) atoms. The maximum Gasteiger partial charge on any atom is 0.227 e. The van der Waals surface area contributed by atoms with Crippen LogP contribution in [-0.2, 0) is 17.6 Å². The predicted octanol–water partition coefficient (Wildman–Crippen LogP) is 3.82. The lowest BCUT2D eigenvalue weighted by Crippen LogP contribution is -2.46. The SMILES string of the molecule is O=C(Cc1ccc(CCN2CCN(c3ccc(Cl)cc3)CC2)cc1)N1CCSCC1. The third kappa shape index (κ3) is 5.93. The van der Waals surface area contributed by atoms with Crippen molar-refractivity contribution in [3.63, 3.8) is 0 Å². The maximum absolute atomic E-state index is 12.4. The summed E-state index contributed by atoms with van der Waals surface area (Å²) in [5.74, 6) is 2.40. The first-order chi connectivity index (χ1) is 14.7. The number of thioether (sulfide) groups is 1. The van der Waals surface area contributed by atoms with Gasteiger partial charge in [0.1, 0.15) is 0 Å². The highest BCUT2D eigenvalue weighted by Crippen LogP contribution is 2.19. The topological polar surface area (TPSA) is 26.8 Å². The second-order valence-corrected chi connectivity index (χ2v) is 9.70. The van der Waals surface area contributed by atoms with Crippen molar-refractivity contribution in [2.45, 2.75) is 12.8 Å². The molecular formula is C24H30ClN3OS. The van der Waals surface area contributed by atoms with Crippen LogP contribution in [0.5, 0.6) is 0 Å². The molecule has 0 N–H and O–H groups in total. The number of carbonyl (C=O) groups is 1. The molecule has 2 aromatic carbocycles. The van der Waals surface area contributed by atoms with Crippen LogP contribution >= 0.6 is 23.4 Å². The zero-order valence-corrected chi connectivity index (χ0v) is 19.0. The fourth-order valence-corrected chi connectivity index (χ4v) is 5.12. The number of amides is 1. The molecule has 0 aliphatic carbocycles. The van der Waals surface area contributed by atoms with Gasteiger partial charge in [0.2, 0.25) is 5.91 Å². The van der Waals surface area contributed by atoms with E-state index >= 15 is 0 Å². The molecule has 4 nitrogen and oxygen atoms in total. The van der Waals surface area contributed by atoms with Gasteiger partial charge >= 0.3 is 0 Å². The minimum atomic E-state index is 0.265. The highest BCUT2D eigenvalue weighted by molar-refractivity contribution is 7.99. The van der Waals surface area contributed by atoms with E-state index in [9.17, 15) is 4.79 Å². The van der Waals surface area contributed by atoms with Gasteiger partial charge in [0.15, 0.2) is 0 Å². The summed E-state index contributed by atoms with van der Waals surface area (Å²) >= 11 is 7.93. The summed E-state index contributed by atoms with van der Waals surface area (Å²) in [7, 11) is 0. The molecule has 160 valence electrons. The summed E-state index contributed by atoms with van der Waals surface area (Å²) in [6.07, 6.45) is 1.58. The molecule has 6 heteroatoms. The molecule has 4 rings (SSSR count). The number of rotatable bonds is 6. The van der Waals surface area contributed by atoms with E-state index in [0.717, 1.165) is 74.3 Å².